The fraction of sp³-hybridized carbons (Fsp3) is 0. The molecule has 0 bridgehead atoms. The van der Waals surface area contributed by atoms with Gasteiger partial charge in [-0.05, 0) is 36.4 Å². The Hall–Kier alpha value is -2.54. The second-order valence-electron chi connectivity index (χ2n) is 5.16. The molecule has 3 aromatic rings. The lowest BCUT2D eigenvalue weighted by molar-refractivity contribution is -0.384. The molecule has 0 saturated heterocycles. The maximum atomic E-state index is 12.3. The van der Waals surface area contributed by atoms with Crippen molar-refractivity contribution in [1.82, 2.24) is 0 Å². The van der Waals surface area contributed by atoms with Gasteiger partial charge in [-0.25, -0.2) is 0 Å². The Bertz CT molecular complexity index is 1020. The van der Waals surface area contributed by atoms with E-state index in [1.165, 1.54) is 30.3 Å². The first-order valence-electron chi connectivity index (χ1n) is 7.15. The SMILES string of the molecule is O=C(Nc1ccc(Cl)cc1Cl)c1ccc(-c2ccc([N+](=O)[O-])cc2Cl)o1. The fourth-order valence-corrected chi connectivity index (χ4v) is 2.92. The number of non-ortho nitro benzene ring substituents is 1. The van der Waals surface area contributed by atoms with E-state index in [1.807, 2.05) is 0 Å². The lowest BCUT2D eigenvalue weighted by Gasteiger charge is -2.06. The van der Waals surface area contributed by atoms with Crippen LogP contribution in [0.15, 0.2) is 52.9 Å². The third-order valence-corrected chi connectivity index (χ3v) is 4.30. The third kappa shape index (κ3) is 3.83. The largest absolute Gasteiger partial charge is 0.451 e. The van der Waals surface area contributed by atoms with Crippen LogP contribution in [-0.2, 0) is 0 Å². The van der Waals surface area contributed by atoms with E-state index in [2.05, 4.69) is 5.32 Å². The van der Waals surface area contributed by atoms with Gasteiger partial charge in [0.15, 0.2) is 5.76 Å². The van der Waals surface area contributed by atoms with Crippen molar-refractivity contribution in [1.29, 1.82) is 0 Å². The predicted octanol–water partition coefficient (Wildman–Crippen LogP) is 6.07. The number of nitrogens with zero attached hydrogens (tertiary/aromatic N) is 1. The number of anilines is 1. The van der Waals surface area contributed by atoms with E-state index in [9.17, 15) is 14.9 Å². The Labute approximate surface area is 162 Å². The average Bonchev–Trinajstić information content (AvgIpc) is 3.07. The van der Waals surface area contributed by atoms with Crippen molar-refractivity contribution < 1.29 is 14.1 Å². The topological polar surface area (TPSA) is 85.4 Å². The van der Waals surface area contributed by atoms with Crippen LogP contribution in [0, 0.1) is 10.1 Å². The summed E-state index contributed by atoms with van der Waals surface area (Å²) in [5.41, 5.74) is 0.675. The molecule has 26 heavy (non-hydrogen) atoms. The number of nitro groups is 1. The van der Waals surface area contributed by atoms with E-state index in [0.717, 1.165) is 0 Å². The molecule has 0 fully saturated rings. The standard InChI is InChI=1S/C17H9Cl3N2O4/c18-9-1-4-14(13(20)7-9)21-17(23)16-6-5-15(26-16)11-3-2-10(22(24)25)8-12(11)19/h1-8H,(H,21,23). The molecule has 0 aliphatic carbocycles. The van der Waals surface area contributed by atoms with E-state index < -0.39 is 10.8 Å². The molecule has 2 aromatic carbocycles. The number of carbonyl (C=O) groups is 1. The highest BCUT2D eigenvalue weighted by molar-refractivity contribution is 6.36. The minimum atomic E-state index is -0.549. The normalized spacial score (nSPS) is 10.6. The van der Waals surface area contributed by atoms with Gasteiger partial charge in [-0.15, -0.1) is 0 Å². The van der Waals surface area contributed by atoms with Crippen molar-refractivity contribution >= 4 is 52.1 Å². The number of nitro benzene ring substituents is 1. The van der Waals surface area contributed by atoms with Crippen LogP contribution in [0.5, 0.6) is 0 Å². The molecule has 0 saturated carbocycles. The molecule has 6 nitrogen and oxygen atoms in total. The number of hydrogen-bond acceptors (Lipinski definition) is 4. The van der Waals surface area contributed by atoms with Crippen LogP contribution in [-0.4, -0.2) is 10.8 Å². The van der Waals surface area contributed by atoms with Crippen molar-refractivity contribution in [3.05, 3.63) is 79.5 Å². The van der Waals surface area contributed by atoms with E-state index in [1.54, 1.807) is 18.2 Å². The molecular weight excluding hydrogens is 403 g/mol. The number of halogens is 3. The summed E-state index contributed by atoms with van der Waals surface area (Å²) < 4.78 is 5.51. The van der Waals surface area contributed by atoms with Crippen LogP contribution in [0.2, 0.25) is 15.1 Å². The highest BCUT2D eigenvalue weighted by Gasteiger charge is 2.17. The summed E-state index contributed by atoms with van der Waals surface area (Å²) in [6.07, 6.45) is 0. The maximum absolute atomic E-state index is 12.3. The molecule has 3 rings (SSSR count). The number of furan rings is 1. The Morgan fingerprint density at radius 1 is 1.00 bits per heavy atom. The van der Waals surface area contributed by atoms with E-state index in [-0.39, 0.29) is 21.5 Å². The zero-order chi connectivity index (χ0) is 18.8. The van der Waals surface area contributed by atoms with Gasteiger partial charge in [-0.1, -0.05) is 34.8 Å². The summed E-state index contributed by atoms with van der Waals surface area (Å²) in [7, 11) is 0. The summed E-state index contributed by atoms with van der Waals surface area (Å²) in [6.45, 7) is 0. The highest BCUT2D eigenvalue weighted by Crippen LogP contribution is 2.32. The van der Waals surface area contributed by atoms with Gasteiger partial charge in [-0.3, -0.25) is 14.9 Å². The number of nitrogens with one attached hydrogen (secondary N) is 1. The molecule has 1 heterocycles. The van der Waals surface area contributed by atoms with Gasteiger partial charge < -0.3 is 9.73 Å². The molecular formula is C17H9Cl3N2O4. The minimum Gasteiger partial charge on any atom is -0.451 e. The number of hydrogen-bond donors (Lipinski definition) is 1. The lowest BCUT2D eigenvalue weighted by atomic mass is 10.1. The first-order chi connectivity index (χ1) is 12.3. The maximum Gasteiger partial charge on any atom is 0.291 e. The van der Waals surface area contributed by atoms with Gasteiger partial charge in [0.2, 0.25) is 0 Å². The minimum absolute atomic E-state index is 0.0282. The van der Waals surface area contributed by atoms with E-state index in [0.29, 0.717) is 22.0 Å². The molecule has 0 radical (unpaired) electrons. The molecule has 0 atom stereocenters. The number of amides is 1. The predicted molar refractivity (Wildman–Crippen MR) is 100 cm³/mol. The van der Waals surface area contributed by atoms with Gasteiger partial charge in [0.25, 0.3) is 11.6 Å². The van der Waals surface area contributed by atoms with Gasteiger partial charge in [0, 0.05) is 22.7 Å². The monoisotopic (exact) mass is 410 g/mol. The molecule has 132 valence electrons. The third-order valence-electron chi connectivity index (χ3n) is 3.44. The van der Waals surface area contributed by atoms with Crippen LogP contribution < -0.4 is 5.32 Å². The molecule has 1 N–H and O–H groups in total. The van der Waals surface area contributed by atoms with Crippen molar-refractivity contribution in [3.63, 3.8) is 0 Å². The smallest absolute Gasteiger partial charge is 0.291 e. The molecule has 1 amide bonds. The Morgan fingerprint density at radius 2 is 1.77 bits per heavy atom. The quantitative estimate of drug-likeness (QED) is 0.417. The number of rotatable bonds is 4. The van der Waals surface area contributed by atoms with Gasteiger partial charge >= 0.3 is 0 Å². The van der Waals surface area contributed by atoms with Crippen molar-refractivity contribution in [2.24, 2.45) is 0 Å². The van der Waals surface area contributed by atoms with Crippen molar-refractivity contribution in [3.8, 4) is 11.3 Å². The molecule has 9 heteroatoms. The van der Waals surface area contributed by atoms with Gasteiger partial charge in [-0.2, -0.15) is 0 Å². The summed E-state index contributed by atoms with van der Waals surface area (Å²) in [5.74, 6) is -0.184. The van der Waals surface area contributed by atoms with Crippen molar-refractivity contribution in [2.45, 2.75) is 0 Å². The summed E-state index contributed by atoms with van der Waals surface area (Å²) >= 11 is 17.9. The van der Waals surface area contributed by atoms with Gasteiger partial charge in [0.1, 0.15) is 5.76 Å². The van der Waals surface area contributed by atoms with E-state index >= 15 is 0 Å². The van der Waals surface area contributed by atoms with Crippen LogP contribution in [0.3, 0.4) is 0 Å². The number of carbonyl (C=O) groups excluding carboxylic acids is 1. The Balaban J connectivity index is 1.83. The van der Waals surface area contributed by atoms with Crippen LogP contribution in [0.1, 0.15) is 10.6 Å². The second kappa shape index (κ2) is 7.37. The molecule has 0 aliphatic rings. The van der Waals surface area contributed by atoms with Crippen LogP contribution in [0.4, 0.5) is 11.4 Å². The van der Waals surface area contributed by atoms with Crippen molar-refractivity contribution in [2.75, 3.05) is 5.32 Å². The summed E-state index contributed by atoms with van der Waals surface area (Å²) in [4.78, 5) is 22.5. The Morgan fingerprint density at radius 3 is 2.42 bits per heavy atom. The second-order valence-corrected chi connectivity index (χ2v) is 6.41. The van der Waals surface area contributed by atoms with Gasteiger partial charge in [0.05, 0.1) is 20.7 Å². The van der Waals surface area contributed by atoms with Crippen LogP contribution in [0.25, 0.3) is 11.3 Å². The zero-order valence-electron chi connectivity index (χ0n) is 12.8. The fourth-order valence-electron chi connectivity index (χ4n) is 2.20. The molecule has 0 spiro atoms. The highest BCUT2D eigenvalue weighted by atomic mass is 35.5. The molecule has 0 aliphatic heterocycles. The zero-order valence-corrected chi connectivity index (χ0v) is 15.1. The summed E-state index contributed by atoms with van der Waals surface area (Å²) in [5, 5.41) is 14.3. The number of benzene rings is 2. The van der Waals surface area contributed by atoms with Crippen LogP contribution >= 0.6 is 34.8 Å². The first kappa shape index (κ1) is 18.3. The molecule has 1 aromatic heterocycles. The first-order valence-corrected chi connectivity index (χ1v) is 8.29. The summed E-state index contributed by atoms with van der Waals surface area (Å²) in [6, 6.07) is 11.6. The van der Waals surface area contributed by atoms with E-state index in [4.69, 9.17) is 39.2 Å². The molecule has 0 unspecified atom stereocenters. The Kier molecular flexibility index (Phi) is 5.18. The lowest BCUT2D eigenvalue weighted by Crippen LogP contribution is -2.11. The average molecular weight is 412 g/mol.